The van der Waals surface area contributed by atoms with Gasteiger partial charge in [-0.25, -0.2) is 15.0 Å². The van der Waals surface area contributed by atoms with Crippen LogP contribution >= 0.6 is 0 Å². The van der Waals surface area contributed by atoms with Gasteiger partial charge in [-0.2, -0.15) is 0 Å². The van der Waals surface area contributed by atoms with E-state index in [2.05, 4.69) is 155 Å². The van der Waals surface area contributed by atoms with Gasteiger partial charge in [-0.3, -0.25) is 0 Å². The Labute approximate surface area is 300 Å². The SMILES string of the molecule is C=Cc1cc(-c2nc(-c3ccccc3)nc(-c3cccc(-n4c5ccccc5c5ccccc54)c3)n2)cc(-n2c3ccccc3c3ccccc32)c1. The molecule has 7 aromatic carbocycles. The lowest BCUT2D eigenvalue weighted by Crippen LogP contribution is -2.02. The van der Waals surface area contributed by atoms with Crippen molar-refractivity contribution in [3.63, 3.8) is 0 Å². The van der Waals surface area contributed by atoms with Crippen LogP contribution in [0.15, 0.2) is 176 Å². The topological polar surface area (TPSA) is 48.5 Å². The molecule has 0 spiro atoms. The van der Waals surface area contributed by atoms with E-state index in [4.69, 9.17) is 15.0 Å². The van der Waals surface area contributed by atoms with Gasteiger partial charge in [-0.1, -0.05) is 128 Å². The maximum absolute atomic E-state index is 5.19. The molecule has 5 nitrogen and oxygen atoms in total. The molecule has 0 radical (unpaired) electrons. The van der Waals surface area contributed by atoms with Crippen LogP contribution in [0, 0.1) is 0 Å². The Morgan fingerprint density at radius 3 is 1.33 bits per heavy atom. The fraction of sp³-hybridized carbons (Fsp3) is 0. The van der Waals surface area contributed by atoms with E-state index in [1.165, 1.54) is 21.5 Å². The van der Waals surface area contributed by atoms with Crippen LogP contribution in [-0.2, 0) is 0 Å². The summed E-state index contributed by atoms with van der Waals surface area (Å²) in [6, 6.07) is 59.3. The average molecular weight is 666 g/mol. The van der Waals surface area contributed by atoms with Crippen LogP contribution in [0.4, 0.5) is 0 Å². The largest absolute Gasteiger partial charge is 0.309 e. The van der Waals surface area contributed by atoms with Crippen molar-refractivity contribution in [3.05, 3.63) is 182 Å². The summed E-state index contributed by atoms with van der Waals surface area (Å²) < 4.78 is 4.64. The number of hydrogen-bond donors (Lipinski definition) is 0. The van der Waals surface area contributed by atoms with E-state index in [-0.39, 0.29) is 0 Å². The van der Waals surface area contributed by atoms with Gasteiger partial charge in [0.25, 0.3) is 0 Å². The molecular formula is C47H31N5. The van der Waals surface area contributed by atoms with Gasteiger partial charge in [-0.05, 0) is 60.2 Å². The number of nitrogens with zero attached hydrogens (tertiary/aromatic N) is 5. The quantitative estimate of drug-likeness (QED) is 0.178. The summed E-state index contributed by atoms with van der Waals surface area (Å²) >= 11 is 0. The Morgan fingerprint density at radius 2 is 0.788 bits per heavy atom. The standard InChI is InChI=1S/C47H31N5/c1-2-31-27-34(30-36(28-31)52-43-25-12-8-21-39(43)40-22-9-13-26-44(40)52)47-49-45(32-15-4-3-5-16-32)48-46(50-47)33-17-14-18-35(29-33)51-41-23-10-6-19-37(41)38-20-7-11-24-42(38)51/h2-30H,1H2. The average Bonchev–Trinajstić information content (AvgIpc) is 3.74. The lowest BCUT2D eigenvalue weighted by molar-refractivity contribution is 1.07. The first-order chi connectivity index (χ1) is 25.7. The smallest absolute Gasteiger partial charge is 0.164 e. The van der Waals surface area contributed by atoms with Crippen molar-refractivity contribution in [2.45, 2.75) is 0 Å². The minimum atomic E-state index is 0.594. The number of hydrogen-bond acceptors (Lipinski definition) is 3. The fourth-order valence-corrected chi connectivity index (χ4v) is 7.55. The summed E-state index contributed by atoms with van der Waals surface area (Å²) in [6.45, 7) is 4.16. The predicted octanol–water partition coefficient (Wildman–Crippen LogP) is 11.7. The molecule has 0 fully saturated rings. The minimum absolute atomic E-state index is 0.594. The van der Waals surface area contributed by atoms with Crippen LogP contribution in [-0.4, -0.2) is 24.1 Å². The van der Waals surface area contributed by atoms with Crippen molar-refractivity contribution < 1.29 is 0 Å². The van der Waals surface area contributed by atoms with Crippen molar-refractivity contribution in [3.8, 4) is 45.5 Å². The van der Waals surface area contributed by atoms with Gasteiger partial charge in [0.1, 0.15) is 0 Å². The van der Waals surface area contributed by atoms with Crippen molar-refractivity contribution in [2.75, 3.05) is 0 Å². The number of aromatic nitrogens is 5. The number of para-hydroxylation sites is 4. The highest BCUT2D eigenvalue weighted by Gasteiger charge is 2.18. The van der Waals surface area contributed by atoms with Crippen LogP contribution in [0.3, 0.4) is 0 Å². The second-order valence-corrected chi connectivity index (χ2v) is 13.0. The molecule has 0 atom stereocenters. The van der Waals surface area contributed by atoms with Gasteiger partial charge in [0, 0.05) is 49.6 Å². The highest BCUT2D eigenvalue weighted by Crippen LogP contribution is 2.36. The Morgan fingerprint density at radius 1 is 0.365 bits per heavy atom. The molecule has 0 aliphatic carbocycles. The van der Waals surface area contributed by atoms with Gasteiger partial charge in [0.15, 0.2) is 17.5 Å². The van der Waals surface area contributed by atoms with E-state index in [0.717, 1.165) is 55.7 Å². The van der Waals surface area contributed by atoms with Gasteiger partial charge in [-0.15, -0.1) is 0 Å². The van der Waals surface area contributed by atoms with Gasteiger partial charge in [0.2, 0.25) is 0 Å². The minimum Gasteiger partial charge on any atom is -0.309 e. The summed E-state index contributed by atoms with van der Waals surface area (Å²) in [5, 5.41) is 4.86. The molecule has 0 saturated heterocycles. The van der Waals surface area contributed by atoms with Crippen LogP contribution < -0.4 is 0 Å². The van der Waals surface area contributed by atoms with E-state index in [0.29, 0.717) is 17.5 Å². The third-order valence-corrected chi connectivity index (χ3v) is 9.88. The third kappa shape index (κ3) is 4.83. The maximum atomic E-state index is 5.19. The van der Waals surface area contributed by atoms with E-state index in [9.17, 15) is 0 Å². The zero-order chi connectivity index (χ0) is 34.6. The van der Waals surface area contributed by atoms with E-state index < -0.39 is 0 Å². The van der Waals surface area contributed by atoms with Crippen molar-refractivity contribution in [1.82, 2.24) is 24.1 Å². The molecular weight excluding hydrogens is 635 g/mol. The predicted molar refractivity (Wildman–Crippen MR) is 215 cm³/mol. The Hall–Kier alpha value is -7.11. The van der Waals surface area contributed by atoms with Crippen LogP contribution in [0.5, 0.6) is 0 Å². The molecule has 5 heteroatoms. The molecule has 244 valence electrons. The molecule has 0 N–H and O–H groups in total. The first-order valence-electron chi connectivity index (χ1n) is 17.4. The van der Waals surface area contributed by atoms with Crippen molar-refractivity contribution in [2.24, 2.45) is 0 Å². The zero-order valence-electron chi connectivity index (χ0n) is 28.2. The summed E-state index contributed by atoms with van der Waals surface area (Å²) in [7, 11) is 0. The summed E-state index contributed by atoms with van der Waals surface area (Å²) in [5.41, 5.74) is 10.3. The van der Waals surface area contributed by atoms with Gasteiger partial charge < -0.3 is 9.13 Å². The van der Waals surface area contributed by atoms with E-state index in [1.807, 2.05) is 36.4 Å². The summed E-state index contributed by atoms with van der Waals surface area (Å²) in [6.07, 6.45) is 1.89. The Kier molecular flexibility index (Phi) is 6.89. The molecule has 0 unspecified atom stereocenters. The highest BCUT2D eigenvalue weighted by atomic mass is 15.0. The Bertz CT molecular complexity index is 2880. The molecule has 0 amide bonds. The molecule has 3 aromatic heterocycles. The lowest BCUT2D eigenvalue weighted by Gasteiger charge is -2.14. The van der Waals surface area contributed by atoms with Crippen LogP contribution in [0.2, 0.25) is 0 Å². The molecule has 0 saturated carbocycles. The third-order valence-electron chi connectivity index (χ3n) is 9.88. The molecule has 0 bridgehead atoms. The second kappa shape index (κ2) is 12.0. The van der Waals surface area contributed by atoms with E-state index in [1.54, 1.807) is 0 Å². The lowest BCUT2D eigenvalue weighted by atomic mass is 10.1. The fourth-order valence-electron chi connectivity index (χ4n) is 7.55. The van der Waals surface area contributed by atoms with Gasteiger partial charge in [0.05, 0.1) is 22.1 Å². The summed E-state index contributed by atoms with van der Waals surface area (Å²) in [4.78, 5) is 15.4. The number of benzene rings is 7. The number of rotatable bonds is 6. The monoisotopic (exact) mass is 665 g/mol. The molecule has 3 heterocycles. The molecule has 10 rings (SSSR count). The van der Waals surface area contributed by atoms with Gasteiger partial charge >= 0.3 is 0 Å². The molecule has 0 aliphatic rings. The van der Waals surface area contributed by atoms with Crippen molar-refractivity contribution in [1.29, 1.82) is 0 Å². The van der Waals surface area contributed by atoms with Crippen LogP contribution in [0.1, 0.15) is 5.56 Å². The second-order valence-electron chi connectivity index (χ2n) is 13.0. The first kappa shape index (κ1) is 29.8. The van der Waals surface area contributed by atoms with Crippen LogP contribution in [0.25, 0.3) is 95.2 Å². The van der Waals surface area contributed by atoms with E-state index >= 15 is 0 Å². The molecule has 52 heavy (non-hydrogen) atoms. The maximum Gasteiger partial charge on any atom is 0.164 e. The first-order valence-corrected chi connectivity index (χ1v) is 17.4. The zero-order valence-corrected chi connectivity index (χ0v) is 28.2. The molecule has 0 aliphatic heterocycles. The van der Waals surface area contributed by atoms with Crippen molar-refractivity contribution >= 4 is 49.7 Å². The number of fused-ring (bicyclic) bond motifs is 6. The highest BCUT2D eigenvalue weighted by molar-refractivity contribution is 6.10. The Balaban J connectivity index is 1.18. The summed E-state index contributed by atoms with van der Waals surface area (Å²) in [5.74, 6) is 1.82. The molecule has 10 aromatic rings. The normalized spacial score (nSPS) is 11.5.